The van der Waals surface area contributed by atoms with Crippen LogP contribution in [-0.2, 0) is 17.6 Å². The van der Waals surface area contributed by atoms with Crippen molar-refractivity contribution < 1.29 is 4.79 Å². The van der Waals surface area contributed by atoms with Crippen LogP contribution in [0.5, 0.6) is 0 Å². The number of rotatable bonds is 4. The fourth-order valence-electron chi connectivity index (χ4n) is 4.12. The number of nitriles is 1. The quantitative estimate of drug-likeness (QED) is 0.517. The molecular formula is C26H20N4O. The minimum atomic E-state index is 0.0234. The topological polar surface area (TPSA) is 78.7 Å². The van der Waals surface area contributed by atoms with E-state index in [1.807, 2.05) is 42.6 Å². The van der Waals surface area contributed by atoms with Gasteiger partial charge < -0.3 is 5.32 Å². The zero-order valence-electron chi connectivity index (χ0n) is 17.1. The van der Waals surface area contributed by atoms with Gasteiger partial charge in [-0.2, -0.15) is 5.26 Å². The maximum absolute atomic E-state index is 11.8. The number of fused-ring (bicyclic) bond motifs is 2. The standard InChI is InChI=1S/C26H20N4O/c1-16(17-5-3-2-4-6-17)30-26-21(13-27)15-28-24-8-7-18(11-23(24)26)20-9-19-10-22(31)12-25(19)29-14-20/h2-9,11,14-16H,10,12H2,1H3,(H,28,30). The maximum Gasteiger partial charge on any atom is 0.143 e. The summed E-state index contributed by atoms with van der Waals surface area (Å²) in [6.07, 6.45) is 4.31. The Morgan fingerprint density at radius 1 is 1.00 bits per heavy atom. The minimum absolute atomic E-state index is 0.0234. The second-order valence-corrected chi connectivity index (χ2v) is 7.89. The van der Waals surface area contributed by atoms with E-state index in [9.17, 15) is 10.1 Å². The zero-order chi connectivity index (χ0) is 21.4. The van der Waals surface area contributed by atoms with Gasteiger partial charge in [0, 0.05) is 42.2 Å². The first kappa shape index (κ1) is 19.0. The molecule has 4 aromatic rings. The molecule has 1 atom stereocenters. The predicted octanol–water partition coefficient (Wildman–Crippen LogP) is 5.01. The fourth-order valence-corrected chi connectivity index (χ4v) is 4.12. The van der Waals surface area contributed by atoms with Gasteiger partial charge in [-0.25, -0.2) is 0 Å². The molecule has 0 saturated heterocycles. The molecule has 150 valence electrons. The van der Waals surface area contributed by atoms with E-state index < -0.39 is 0 Å². The maximum atomic E-state index is 11.8. The molecule has 5 rings (SSSR count). The van der Waals surface area contributed by atoms with Crippen molar-refractivity contribution in [3.63, 3.8) is 0 Å². The molecule has 0 fully saturated rings. The summed E-state index contributed by atoms with van der Waals surface area (Å²) in [5.41, 5.74) is 7.05. The number of carbonyl (C=O) groups excluding carboxylic acids is 1. The number of aromatic nitrogens is 2. The molecule has 0 amide bonds. The smallest absolute Gasteiger partial charge is 0.143 e. The van der Waals surface area contributed by atoms with E-state index in [1.54, 1.807) is 6.20 Å². The first-order valence-electron chi connectivity index (χ1n) is 10.3. The Morgan fingerprint density at radius 3 is 2.65 bits per heavy atom. The third-order valence-electron chi connectivity index (χ3n) is 5.79. The monoisotopic (exact) mass is 404 g/mol. The summed E-state index contributed by atoms with van der Waals surface area (Å²) in [5, 5.41) is 14.1. The molecule has 0 bridgehead atoms. The number of pyridine rings is 2. The van der Waals surface area contributed by atoms with Crippen LogP contribution in [0.15, 0.2) is 67.0 Å². The van der Waals surface area contributed by atoms with E-state index in [2.05, 4.69) is 46.5 Å². The first-order chi connectivity index (χ1) is 15.1. The molecule has 5 nitrogen and oxygen atoms in total. The van der Waals surface area contributed by atoms with Gasteiger partial charge in [-0.1, -0.05) is 36.4 Å². The molecule has 1 N–H and O–H groups in total. The van der Waals surface area contributed by atoms with Crippen LogP contribution in [0.3, 0.4) is 0 Å². The van der Waals surface area contributed by atoms with E-state index in [4.69, 9.17) is 0 Å². The van der Waals surface area contributed by atoms with Crippen molar-refractivity contribution in [1.82, 2.24) is 9.97 Å². The highest BCUT2D eigenvalue weighted by Crippen LogP contribution is 2.33. The summed E-state index contributed by atoms with van der Waals surface area (Å²) in [6.45, 7) is 2.08. The van der Waals surface area contributed by atoms with E-state index in [0.29, 0.717) is 18.4 Å². The average Bonchev–Trinajstić information content (AvgIpc) is 3.18. The Kier molecular flexibility index (Phi) is 4.68. The van der Waals surface area contributed by atoms with Crippen molar-refractivity contribution in [3.05, 3.63) is 89.4 Å². The van der Waals surface area contributed by atoms with Gasteiger partial charge in [-0.15, -0.1) is 0 Å². The highest BCUT2D eigenvalue weighted by Gasteiger charge is 2.20. The highest BCUT2D eigenvalue weighted by molar-refractivity contribution is 5.97. The normalized spacial score (nSPS) is 13.6. The Morgan fingerprint density at radius 2 is 1.84 bits per heavy atom. The Bertz CT molecular complexity index is 1360. The number of hydrogen-bond acceptors (Lipinski definition) is 5. The Labute approximate surface area is 180 Å². The summed E-state index contributed by atoms with van der Waals surface area (Å²) in [7, 11) is 0. The largest absolute Gasteiger partial charge is 0.377 e. The molecule has 0 radical (unpaired) electrons. The number of carbonyl (C=O) groups is 1. The number of nitrogens with zero attached hydrogens (tertiary/aromatic N) is 3. The molecule has 0 aliphatic heterocycles. The second kappa shape index (κ2) is 7.66. The van der Waals surface area contributed by atoms with Crippen molar-refractivity contribution in [2.45, 2.75) is 25.8 Å². The van der Waals surface area contributed by atoms with Gasteiger partial charge >= 0.3 is 0 Å². The van der Waals surface area contributed by atoms with Crippen LogP contribution in [0.2, 0.25) is 0 Å². The number of anilines is 1. The molecule has 2 aromatic heterocycles. The van der Waals surface area contributed by atoms with Gasteiger partial charge in [-0.3, -0.25) is 14.8 Å². The van der Waals surface area contributed by atoms with Crippen molar-refractivity contribution in [2.75, 3.05) is 5.32 Å². The van der Waals surface area contributed by atoms with Gasteiger partial charge in [0.2, 0.25) is 0 Å². The van der Waals surface area contributed by atoms with Crippen molar-refractivity contribution in [1.29, 1.82) is 5.26 Å². The van der Waals surface area contributed by atoms with Crippen molar-refractivity contribution in [2.24, 2.45) is 0 Å². The van der Waals surface area contributed by atoms with Gasteiger partial charge in [0.25, 0.3) is 0 Å². The number of benzene rings is 2. The second-order valence-electron chi connectivity index (χ2n) is 7.89. The molecular weight excluding hydrogens is 384 g/mol. The molecule has 1 aliphatic rings. The highest BCUT2D eigenvalue weighted by atomic mass is 16.1. The summed E-state index contributed by atoms with van der Waals surface area (Å²) in [5.74, 6) is 0.211. The molecule has 0 saturated carbocycles. The lowest BCUT2D eigenvalue weighted by Crippen LogP contribution is -2.08. The molecule has 5 heteroatoms. The molecule has 1 unspecified atom stereocenters. The third kappa shape index (κ3) is 3.53. The number of hydrogen-bond donors (Lipinski definition) is 1. The lowest BCUT2D eigenvalue weighted by molar-refractivity contribution is -0.117. The Hall–Kier alpha value is -4.04. The zero-order valence-corrected chi connectivity index (χ0v) is 17.1. The Balaban J connectivity index is 1.59. The molecule has 2 heterocycles. The summed E-state index contributed by atoms with van der Waals surface area (Å²) in [6, 6.07) is 20.5. The van der Waals surface area contributed by atoms with Crippen molar-refractivity contribution in [3.8, 4) is 17.2 Å². The number of nitrogens with one attached hydrogen (secondary N) is 1. The molecule has 1 aliphatic carbocycles. The first-order valence-corrected chi connectivity index (χ1v) is 10.3. The lowest BCUT2D eigenvalue weighted by Gasteiger charge is -2.18. The number of Topliss-reactive ketones (excluding diaryl/α,β-unsaturated/α-hetero) is 1. The van der Waals surface area contributed by atoms with Crippen molar-refractivity contribution >= 4 is 22.4 Å². The van der Waals surface area contributed by atoms with Crippen LogP contribution in [0.1, 0.15) is 35.3 Å². The van der Waals surface area contributed by atoms with Crippen LogP contribution in [0, 0.1) is 11.3 Å². The molecule has 2 aromatic carbocycles. The summed E-state index contributed by atoms with van der Waals surface area (Å²) >= 11 is 0. The van der Waals surface area contributed by atoms with E-state index in [-0.39, 0.29) is 11.8 Å². The van der Waals surface area contributed by atoms with E-state index >= 15 is 0 Å². The van der Waals surface area contributed by atoms with Crippen LogP contribution in [0.4, 0.5) is 5.69 Å². The van der Waals surface area contributed by atoms with Crippen LogP contribution < -0.4 is 5.32 Å². The average molecular weight is 404 g/mol. The summed E-state index contributed by atoms with van der Waals surface area (Å²) in [4.78, 5) is 20.7. The van der Waals surface area contributed by atoms with Gasteiger partial charge in [0.1, 0.15) is 11.9 Å². The van der Waals surface area contributed by atoms with Crippen LogP contribution in [-0.4, -0.2) is 15.8 Å². The van der Waals surface area contributed by atoms with E-state index in [1.165, 1.54) is 0 Å². The number of ketones is 1. The van der Waals surface area contributed by atoms with Crippen LogP contribution >= 0.6 is 0 Å². The third-order valence-corrected chi connectivity index (χ3v) is 5.79. The van der Waals surface area contributed by atoms with Gasteiger partial charge in [0.15, 0.2) is 0 Å². The fraction of sp³-hybridized carbons (Fsp3) is 0.154. The predicted molar refractivity (Wildman–Crippen MR) is 121 cm³/mol. The van der Waals surface area contributed by atoms with Gasteiger partial charge in [-0.05, 0) is 41.8 Å². The SMILES string of the molecule is CC(Nc1c(C#N)cnc2ccc(-c3cnc4c(c3)CC(=O)C4)cc12)c1ccccc1. The molecule has 31 heavy (non-hydrogen) atoms. The van der Waals surface area contributed by atoms with E-state index in [0.717, 1.165) is 44.5 Å². The minimum Gasteiger partial charge on any atom is -0.377 e. The van der Waals surface area contributed by atoms with Gasteiger partial charge in [0.05, 0.1) is 22.5 Å². The molecule has 0 spiro atoms. The summed E-state index contributed by atoms with van der Waals surface area (Å²) < 4.78 is 0. The van der Waals surface area contributed by atoms with Crippen LogP contribution in [0.25, 0.3) is 22.0 Å². The lowest BCUT2D eigenvalue weighted by atomic mass is 10.00.